The van der Waals surface area contributed by atoms with Gasteiger partial charge in [0.05, 0.1) is 5.56 Å². The Bertz CT molecular complexity index is 327. The molecule has 0 aromatic carbocycles. The van der Waals surface area contributed by atoms with Crippen LogP contribution in [0.1, 0.15) is 27.7 Å². The second-order valence-electron chi connectivity index (χ2n) is 3.37. The van der Waals surface area contributed by atoms with E-state index >= 15 is 0 Å². The highest BCUT2D eigenvalue weighted by atomic mass is 32.1. The molecule has 1 aliphatic rings. The van der Waals surface area contributed by atoms with E-state index < -0.39 is 5.97 Å². The van der Waals surface area contributed by atoms with Gasteiger partial charge in [0.2, 0.25) is 0 Å². The Morgan fingerprint density at radius 2 is 2.42 bits per heavy atom. The lowest BCUT2D eigenvalue weighted by atomic mass is 10.1. The van der Waals surface area contributed by atoms with Gasteiger partial charge in [-0.25, -0.2) is 4.79 Å². The van der Waals surface area contributed by atoms with Gasteiger partial charge in [-0.2, -0.15) is 0 Å². The maximum absolute atomic E-state index is 10.7. The summed E-state index contributed by atoms with van der Waals surface area (Å²) in [6.45, 7) is 2.17. The molecule has 1 N–H and O–H groups in total. The van der Waals surface area contributed by atoms with E-state index in [0.717, 1.165) is 18.4 Å². The normalized spacial score (nSPS) is 20.9. The molecule has 1 heterocycles. The quantitative estimate of drug-likeness (QED) is 0.722. The Hall–Kier alpha value is -0.830. The predicted octanol–water partition coefficient (Wildman–Crippen LogP) is 2.18. The molecule has 2 nitrogen and oxygen atoms in total. The maximum atomic E-state index is 10.7. The van der Waals surface area contributed by atoms with Crippen LogP contribution in [0.4, 0.5) is 0 Å². The molecule has 0 saturated carbocycles. The van der Waals surface area contributed by atoms with E-state index in [9.17, 15) is 4.79 Å². The lowest BCUT2D eigenvalue weighted by Crippen LogP contribution is -1.99. The van der Waals surface area contributed by atoms with Crippen LogP contribution in [0, 0.1) is 5.92 Å². The van der Waals surface area contributed by atoms with Crippen molar-refractivity contribution in [1.82, 2.24) is 0 Å². The molecule has 0 saturated heterocycles. The Labute approximate surface area is 74.8 Å². The van der Waals surface area contributed by atoms with Crippen molar-refractivity contribution in [3.05, 3.63) is 21.4 Å². The summed E-state index contributed by atoms with van der Waals surface area (Å²) in [6.07, 6.45) is 2.01. The second kappa shape index (κ2) is 2.59. The number of hydrogen-bond acceptors (Lipinski definition) is 2. The van der Waals surface area contributed by atoms with Gasteiger partial charge in [-0.15, -0.1) is 11.3 Å². The number of rotatable bonds is 1. The Kier molecular flexibility index (Phi) is 1.68. The zero-order valence-corrected chi connectivity index (χ0v) is 7.65. The average molecular weight is 182 g/mol. The molecular weight excluding hydrogens is 172 g/mol. The van der Waals surface area contributed by atoms with Gasteiger partial charge in [0.1, 0.15) is 0 Å². The molecule has 1 aromatic heterocycles. The molecule has 12 heavy (non-hydrogen) atoms. The third kappa shape index (κ3) is 1.05. The number of thiophene rings is 1. The summed E-state index contributed by atoms with van der Waals surface area (Å²) in [5, 5.41) is 10.6. The number of aromatic carboxylic acids is 1. The van der Waals surface area contributed by atoms with E-state index in [-0.39, 0.29) is 0 Å². The topological polar surface area (TPSA) is 37.3 Å². The highest BCUT2D eigenvalue weighted by Crippen LogP contribution is 2.34. The van der Waals surface area contributed by atoms with Gasteiger partial charge in [0.15, 0.2) is 0 Å². The largest absolute Gasteiger partial charge is 0.478 e. The van der Waals surface area contributed by atoms with E-state index in [1.807, 2.05) is 0 Å². The van der Waals surface area contributed by atoms with E-state index in [1.165, 1.54) is 4.88 Å². The van der Waals surface area contributed by atoms with Crippen LogP contribution >= 0.6 is 11.3 Å². The van der Waals surface area contributed by atoms with Crippen LogP contribution in [0.15, 0.2) is 5.38 Å². The zero-order chi connectivity index (χ0) is 8.72. The molecule has 0 fully saturated rings. The number of carboxylic acids is 1. The standard InChI is InChI=1S/C9H10O2S/c1-5-2-6-7(9(10)11)4-12-8(6)3-5/h4-5H,2-3H2,1H3,(H,10,11). The van der Waals surface area contributed by atoms with Crippen LogP contribution < -0.4 is 0 Å². The van der Waals surface area contributed by atoms with Gasteiger partial charge >= 0.3 is 5.97 Å². The van der Waals surface area contributed by atoms with Crippen LogP contribution in [0.3, 0.4) is 0 Å². The summed E-state index contributed by atoms with van der Waals surface area (Å²) >= 11 is 1.59. The van der Waals surface area contributed by atoms with Crippen LogP contribution in [-0.4, -0.2) is 11.1 Å². The Morgan fingerprint density at radius 3 is 3.08 bits per heavy atom. The first-order valence-electron chi connectivity index (χ1n) is 4.01. The average Bonchev–Trinajstić information content (AvgIpc) is 2.43. The van der Waals surface area contributed by atoms with Crippen molar-refractivity contribution in [3.63, 3.8) is 0 Å². The summed E-state index contributed by atoms with van der Waals surface area (Å²) in [4.78, 5) is 12.0. The first kappa shape index (κ1) is 7.80. The summed E-state index contributed by atoms with van der Waals surface area (Å²) in [6, 6.07) is 0. The monoisotopic (exact) mass is 182 g/mol. The van der Waals surface area contributed by atoms with Crippen molar-refractivity contribution in [2.75, 3.05) is 0 Å². The molecule has 64 valence electrons. The lowest BCUT2D eigenvalue weighted by Gasteiger charge is -1.97. The van der Waals surface area contributed by atoms with Crippen LogP contribution in [0.25, 0.3) is 0 Å². The summed E-state index contributed by atoms with van der Waals surface area (Å²) in [5.41, 5.74) is 1.61. The van der Waals surface area contributed by atoms with Crippen LogP contribution in [-0.2, 0) is 12.8 Å². The van der Waals surface area contributed by atoms with Crippen molar-refractivity contribution < 1.29 is 9.90 Å². The van der Waals surface area contributed by atoms with Gasteiger partial charge in [-0.05, 0) is 24.3 Å². The fourth-order valence-electron chi connectivity index (χ4n) is 1.73. The number of fused-ring (bicyclic) bond motifs is 1. The van der Waals surface area contributed by atoms with Gasteiger partial charge in [-0.1, -0.05) is 6.92 Å². The predicted molar refractivity (Wildman–Crippen MR) is 47.9 cm³/mol. The third-order valence-corrected chi connectivity index (χ3v) is 3.35. The Balaban J connectivity index is 2.43. The number of carbonyl (C=O) groups is 1. The first-order valence-corrected chi connectivity index (χ1v) is 4.89. The van der Waals surface area contributed by atoms with E-state index in [4.69, 9.17) is 5.11 Å². The number of hydrogen-bond donors (Lipinski definition) is 1. The molecule has 0 amide bonds. The first-order chi connectivity index (χ1) is 5.68. The molecule has 3 heteroatoms. The minimum absolute atomic E-state index is 0.527. The van der Waals surface area contributed by atoms with Crippen molar-refractivity contribution in [1.29, 1.82) is 0 Å². The maximum Gasteiger partial charge on any atom is 0.336 e. The lowest BCUT2D eigenvalue weighted by molar-refractivity contribution is 0.0696. The van der Waals surface area contributed by atoms with Gasteiger partial charge < -0.3 is 5.11 Å². The highest BCUT2D eigenvalue weighted by molar-refractivity contribution is 7.10. The summed E-state index contributed by atoms with van der Waals surface area (Å²) in [5.74, 6) is -0.146. The molecule has 2 rings (SSSR count). The SMILES string of the molecule is CC1Cc2scc(C(=O)O)c2C1. The fourth-order valence-corrected chi connectivity index (χ4v) is 2.95. The molecule has 1 unspecified atom stereocenters. The van der Waals surface area contributed by atoms with Crippen molar-refractivity contribution in [2.24, 2.45) is 5.92 Å². The van der Waals surface area contributed by atoms with Crippen LogP contribution in [0.5, 0.6) is 0 Å². The molecular formula is C9H10O2S. The van der Waals surface area contributed by atoms with Crippen molar-refractivity contribution in [3.8, 4) is 0 Å². The molecule has 0 aliphatic heterocycles. The molecule has 1 aliphatic carbocycles. The molecule has 0 radical (unpaired) electrons. The summed E-state index contributed by atoms with van der Waals surface area (Å²) in [7, 11) is 0. The smallest absolute Gasteiger partial charge is 0.336 e. The van der Waals surface area contributed by atoms with Gasteiger partial charge in [0, 0.05) is 10.3 Å². The van der Waals surface area contributed by atoms with Gasteiger partial charge in [-0.3, -0.25) is 0 Å². The minimum Gasteiger partial charge on any atom is -0.478 e. The van der Waals surface area contributed by atoms with E-state index in [2.05, 4.69) is 6.92 Å². The van der Waals surface area contributed by atoms with Crippen molar-refractivity contribution in [2.45, 2.75) is 19.8 Å². The number of carboxylic acid groups (broad SMARTS) is 1. The van der Waals surface area contributed by atoms with Crippen molar-refractivity contribution >= 4 is 17.3 Å². The fraction of sp³-hybridized carbons (Fsp3) is 0.444. The highest BCUT2D eigenvalue weighted by Gasteiger charge is 2.25. The van der Waals surface area contributed by atoms with E-state index in [1.54, 1.807) is 16.7 Å². The van der Waals surface area contributed by atoms with E-state index in [0.29, 0.717) is 11.5 Å². The van der Waals surface area contributed by atoms with Gasteiger partial charge in [0.25, 0.3) is 0 Å². The molecule has 0 spiro atoms. The zero-order valence-electron chi connectivity index (χ0n) is 6.83. The summed E-state index contributed by atoms with van der Waals surface area (Å²) < 4.78 is 0. The molecule has 0 bridgehead atoms. The molecule has 1 atom stereocenters. The Morgan fingerprint density at radius 1 is 1.67 bits per heavy atom. The second-order valence-corrected chi connectivity index (χ2v) is 4.33. The minimum atomic E-state index is -0.776. The third-order valence-electron chi connectivity index (χ3n) is 2.30. The molecule has 1 aromatic rings. The van der Waals surface area contributed by atoms with Crippen LogP contribution in [0.2, 0.25) is 0 Å².